The van der Waals surface area contributed by atoms with Crippen LogP contribution in [0.5, 0.6) is 0 Å². The monoisotopic (exact) mass is 416 g/mol. The van der Waals surface area contributed by atoms with Crippen molar-refractivity contribution in [3.05, 3.63) is 70.2 Å². The second-order valence-electron chi connectivity index (χ2n) is 7.45. The van der Waals surface area contributed by atoms with Crippen LogP contribution < -0.4 is 5.32 Å². The lowest BCUT2D eigenvalue weighted by atomic mass is 9.95. The largest absolute Gasteiger partial charge is 0.355 e. The van der Waals surface area contributed by atoms with Gasteiger partial charge in [-0.25, -0.2) is 0 Å². The average Bonchev–Trinajstić information content (AvgIpc) is 2.71. The molecule has 1 heterocycles. The van der Waals surface area contributed by atoms with E-state index in [-0.39, 0.29) is 11.8 Å². The number of rotatable bonds is 8. The number of nitrogens with zero attached hydrogens (tertiary/aromatic N) is 1. The summed E-state index contributed by atoms with van der Waals surface area (Å²) < 4.78 is 0. The van der Waals surface area contributed by atoms with Crippen LogP contribution >= 0.6 is 23.4 Å². The Morgan fingerprint density at radius 3 is 2.57 bits per heavy atom. The zero-order chi connectivity index (χ0) is 19.8. The lowest BCUT2D eigenvalue weighted by Gasteiger charge is -2.31. The Bertz CT molecular complexity index is 757. The summed E-state index contributed by atoms with van der Waals surface area (Å²) >= 11 is 7.83. The second-order valence-corrected chi connectivity index (χ2v) is 8.99. The highest BCUT2D eigenvalue weighted by Crippen LogP contribution is 2.20. The molecule has 1 amide bonds. The topological polar surface area (TPSA) is 32.3 Å². The molecule has 0 radical (unpaired) electrons. The summed E-state index contributed by atoms with van der Waals surface area (Å²) in [5.41, 5.74) is 3.99. The molecular weight excluding hydrogens is 388 g/mol. The van der Waals surface area contributed by atoms with Gasteiger partial charge in [0.05, 0.1) is 0 Å². The first kappa shape index (κ1) is 21.2. The van der Waals surface area contributed by atoms with Crippen molar-refractivity contribution >= 4 is 29.3 Å². The first-order chi connectivity index (χ1) is 13.6. The van der Waals surface area contributed by atoms with E-state index in [9.17, 15) is 4.79 Å². The van der Waals surface area contributed by atoms with E-state index in [0.29, 0.717) is 0 Å². The Balaban J connectivity index is 1.30. The molecule has 1 N–H and O–H groups in total. The molecule has 1 aliphatic heterocycles. The quantitative estimate of drug-likeness (QED) is 0.620. The molecule has 1 fully saturated rings. The highest BCUT2D eigenvalue weighted by atomic mass is 35.5. The molecule has 3 rings (SSSR count). The minimum absolute atomic E-state index is 0.155. The van der Waals surface area contributed by atoms with Crippen LogP contribution in [-0.4, -0.2) is 36.2 Å². The summed E-state index contributed by atoms with van der Waals surface area (Å²) in [4.78, 5) is 14.9. The van der Waals surface area contributed by atoms with E-state index in [1.165, 1.54) is 16.7 Å². The van der Waals surface area contributed by atoms with Crippen LogP contribution in [0.25, 0.3) is 0 Å². The Morgan fingerprint density at radius 2 is 1.86 bits per heavy atom. The minimum atomic E-state index is 0.155. The van der Waals surface area contributed by atoms with Crippen LogP contribution in [-0.2, 0) is 17.1 Å². The van der Waals surface area contributed by atoms with Gasteiger partial charge in [-0.15, -0.1) is 0 Å². The molecule has 1 saturated heterocycles. The van der Waals surface area contributed by atoms with Gasteiger partial charge in [0, 0.05) is 35.5 Å². The Morgan fingerprint density at radius 1 is 1.14 bits per heavy atom. The SMILES string of the molecule is Cc1ccccc1CSCCNC(=O)C1CCN(Cc2ccc(Cl)cc2)CC1. The molecule has 0 spiro atoms. The molecular formula is C23H29ClN2OS. The van der Waals surface area contributed by atoms with Gasteiger partial charge in [0.25, 0.3) is 0 Å². The van der Waals surface area contributed by atoms with Gasteiger partial charge in [-0.05, 0) is 61.7 Å². The van der Waals surface area contributed by atoms with E-state index in [1.807, 2.05) is 23.9 Å². The van der Waals surface area contributed by atoms with Crippen molar-refractivity contribution in [3.8, 4) is 0 Å². The van der Waals surface area contributed by atoms with Gasteiger partial charge < -0.3 is 5.32 Å². The van der Waals surface area contributed by atoms with Crippen molar-refractivity contribution in [2.75, 3.05) is 25.4 Å². The van der Waals surface area contributed by atoms with Crippen LogP contribution in [0.3, 0.4) is 0 Å². The van der Waals surface area contributed by atoms with Gasteiger partial charge in [-0.2, -0.15) is 11.8 Å². The number of nitrogens with one attached hydrogen (secondary N) is 1. The molecule has 3 nitrogen and oxygen atoms in total. The standard InChI is InChI=1S/C23H29ClN2OS/c1-18-4-2-3-5-21(18)17-28-15-12-25-23(27)20-10-13-26(14-11-20)16-19-6-8-22(24)9-7-19/h2-9,20H,10-17H2,1H3,(H,25,27). The van der Waals surface area contributed by atoms with Gasteiger partial charge in [0.15, 0.2) is 0 Å². The van der Waals surface area contributed by atoms with Gasteiger partial charge in [-0.1, -0.05) is 48.0 Å². The number of likely N-dealkylation sites (tertiary alicyclic amines) is 1. The molecule has 5 heteroatoms. The van der Waals surface area contributed by atoms with Crippen LogP contribution in [0.4, 0.5) is 0 Å². The molecule has 0 aliphatic carbocycles. The van der Waals surface area contributed by atoms with E-state index >= 15 is 0 Å². The Labute approximate surface area is 177 Å². The molecule has 2 aromatic carbocycles. The summed E-state index contributed by atoms with van der Waals surface area (Å²) in [5.74, 6) is 2.34. The highest BCUT2D eigenvalue weighted by Gasteiger charge is 2.24. The van der Waals surface area contributed by atoms with Crippen molar-refractivity contribution in [3.63, 3.8) is 0 Å². The van der Waals surface area contributed by atoms with Gasteiger partial charge in [0.1, 0.15) is 0 Å². The third-order valence-electron chi connectivity index (χ3n) is 5.34. The zero-order valence-electron chi connectivity index (χ0n) is 16.5. The number of amides is 1. The molecule has 2 aromatic rings. The smallest absolute Gasteiger partial charge is 0.223 e. The molecule has 0 unspecified atom stereocenters. The summed E-state index contributed by atoms with van der Waals surface area (Å²) in [6, 6.07) is 16.5. The summed E-state index contributed by atoms with van der Waals surface area (Å²) in [5, 5.41) is 3.91. The van der Waals surface area contributed by atoms with Gasteiger partial charge >= 0.3 is 0 Å². The first-order valence-corrected chi connectivity index (χ1v) is 11.5. The van der Waals surface area contributed by atoms with Crippen molar-refractivity contribution in [1.29, 1.82) is 0 Å². The number of thioether (sulfide) groups is 1. The maximum absolute atomic E-state index is 12.4. The number of hydrogen-bond acceptors (Lipinski definition) is 3. The molecule has 1 aliphatic rings. The average molecular weight is 417 g/mol. The zero-order valence-corrected chi connectivity index (χ0v) is 18.1. The lowest BCUT2D eigenvalue weighted by molar-refractivity contribution is -0.126. The third-order valence-corrected chi connectivity index (χ3v) is 6.60. The van der Waals surface area contributed by atoms with E-state index in [0.717, 1.165) is 55.5 Å². The molecule has 0 saturated carbocycles. The highest BCUT2D eigenvalue weighted by molar-refractivity contribution is 7.98. The number of carbonyl (C=O) groups is 1. The predicted molar refractivity (Wildman–Crippen MR) is 120 cm³/mol. The number of carbonyl (C=O) groups excluding carboxylic acids is 1. The normalized spacial score (nSPS) is 15.5. The molecule has 0 bridgehead atoms. The van der Waals surface area contributed by atoms with E-state index in [4.69, 9.17) is 11.6 Å². The number of hydrogen-bond donors (Lipinski definition) is 1. The Kier molecular flexibility index (Phi) is 8.26. The van der Waals surface area contributed by atoms with Crippen LogP contribution in [0.2, 0.25) is 5.02 Å². The minimum Gasteiger partial charge on any atom is -0.355 e. The fraction of sp³-hybridized carbons (Fsp3) is 0.435. The van der Waals surface area contributed by atoms with Crippen molar-refractivity contribution in [1.82, 2.24) is 10.2 Å². The van der Waals surface area contributed by atoms with E-state index < -0.39 is 0 Å². The van der Waals surface area contributed by atoms with Crippen molar-refractivity contribution < 1.29 is 4.79 Å². The van der Waals surface area contributed by atoms with Crippen molar-refractivity contribution in [2.24, 2.45) is 5.92 Å². The predicted octanol–water partition coefficient (Wildman–Crippen LogP) is 4.91. The summed E-state index contributed by atoms with van der Waals surface area (Å²) in [6.07, 6.45) is 1.88. The molecule has 28 heavy (non-hydrogen) atoms. The van der Waals surface area contributed by atoms with Crippen molar-refractivity contribution in [2.45, 2.75) is 32.1 Å². The Hall–Kier alpha value is -1.49. The lowest BCUT2D eigenvalue weighted by Crippen LogP contribution is -2.40. The van der Waals surface area contributed by atoms with Crippen LogP contribution in [0.15, 0.2) is 48.5 Å². The number of halogens is 1. The number of aryl methyl sites for hydroxylation is 1. The maximum atomic E-state index is 12.4. The van der Waals surface area contributed by atoms with Crippen LogP contribution in [0.1, 0.15) is 29.5 Å². The van der Waals surface area contributed by atoms with E-state index in [2.05, 4.69) is 53.5 Å². The first-order valence-electron chi connectivity index (χ1n) is 9.98. The van der Waals surface area contributed by atoms with E-state index in [1.54, 1.807) is 0 Å². The third kappa shape index (κ3) is 6.54. The summed E-state index contributed by atoms with van der Waals surface area (Å²) in [7, 11) is 0. The maximum Gasteiger partial charge on any atom is 0.223 e. The molecule has 150 valence electrons. The number of benzene rings is 2. The second kappa shape index (κ2) is 10.9. The number of piperidine rings is 1. The summed E-state index contributed by atoms with van der Waals surface area (Å²) in [6.45, 7) is 5.78. The molecule has 0 atom stereocenters. The fourth-order valence-corrected chi connectivity index (χ4v) is 4.61. The van der Waals surface area contributed by atoms with Gasteiger partial charge in [-0.3, -0.25) is 9.69 Å². The fourth-order valence-electron chi connectivity index (χ4n) is 3.55. The molecule has 0 aromatic heterocycles. The van der Waals surface area contributed by atoms with Crippen LogP contribution in [0, 0.1) is 12.8 Å². The van der Waals surface area contributed by atoms with Gasteiger partial charge in [0.2, 0.25) is 5.91 Å².